The zero-order valence-corrected chi connectivity index (χ0v) is 41.5. The largest absolute Gasteiger partial charge is 0.308 e. The van der Waals surface area contributed by atoms with E-state index in [0.29, 0.717) is 11.8 Å². The fraction of sp³-hybridized carbons (Fsp3) is 0.152. The molecule has 0 aliphatic heterocycles. The molecule has 0 saturated carbocycles. The van der Waals surface area contributed by atoms with Gasteiger partial charge in [-0.2, -0.15) is 0 Å². The van der Waals surface area contributed by atoms with Gasteiger partial charge in [-0.25, -0.2) is 0 Å². The molecule has 3 atom stereocenters. The van der Waals surface area contributed by atoms with Gasteiger partial charge in [-0.1, -0.05) is 185 Å². The molecule has 3 unspecified atom stereocenters. The molecule has 14 rings (SSSR count). The summed E-state index contributed by atoms with van der Waals surface area (Å²) in [5.41, 5.74) is 14.3. The number of hydrogen-bond donors (Lipinski definition) is 0. The number of allylic oxidation sites excluding steroid dienone is 9. The van der Waals surface area contributed by atoms with Crippen molar-refractivity contribution in [2.24, 2.45) is 17.8 Å². The molecule has 2 nitrogen and oxygen atoms in total. The van der Waals surface area contributed by atoms with Gasteiger partial charge in [-0.15, -0.1) is 22.7 Å². The molecule has 4 aliphatic rings. The quantitative estimate of drug-likeness (QED) is 0.150. The summed E-state index contributed by atoms with van der Waals surface area (Å²) in [7, 11) is 0. The Balaban J connectivity index is 1.09. The van der Waals surface area contributed by atoms with Crippen LogP contribution in [0.1, 0.15) is 68.2 Å². The summed E-state index contributed by atoms with van der Waals surface area (Å²) < 4.78 is 5.27. The maximum Gasteiger partial charge on any atom is 0.0640 e. The standard InChI is InChI=1S/C66H52N2S2/c1-39(2)53-37-59(67(55-27-13-19-41-17-5-7-21-43(41)55)57-29-15-25-49-45-23-9-11-31-61(45)69-65(49)57)51-36-34-48-54(40(3)4)38-60(52-35-33-47(53)63(51)64(48)52)68(56-28-14-20-42-18-6-8-22-44(42)56)58-30-16-26-50-46-24-10-12-32-62(46)70-66(50)58/h5-19,21-40,42,48,54H,20H2,1-4H3. The zero-order chi connectivity index (χ0) is 46.8. The molecule has 2 aromatic heterocycles. The molecule has 0 saturated heterocycles. The second-order valence-electron chi connectivity index (χ2n) is 20.3. The lowest BCUT2D eigenvalue weighted by Gasteiger charge is -2.42. The monoisotopic (exact) mass is 936 g/mol. The summed E-state index contributed by atoms with van der Waals surface area (Å²) in [6.45, 7) is 9.63. The lowest BCUT2D eigenvalue weighted by molar-refractivity contribution is 0.425. The van der Waals surface area contributed by atoms with E-state index in [-0.39, 0.29) is 17.8 Å². The van der Waals surface area contributed by atoms with Gasteiger partial charge in [-0.05, 0) is 99.5 Å². The Morgan fingerprint density at radius 3 is 1.91 bits per heavy atom. The van der Waals surface area contributed by atoms with E-state index < -0.39 is 0 Å². The Kier molecular flexibility index (Phi) is 9.63. The average molecular weight is 937 g/mol. The molecule has 0 N–H and O–H groups in total. The van der Waals surface area contributed by atoms with Gasteiger partial charge in [0.1, 0.15) is 0 Å². The number of nitrogens with zero attached hydrogens (tertiary/aromatic N) is 2. The van der Waals surface area contributed by atoms with Crippen LogP contribution in [0, 0.1) is 17.8 Å². The molecule has 0 bridgehead atoms. The number of fused-ring (bicyclic) bond motifs is 8. The molecule has 8 aromatic carbocycles. The van der Waals surface area contributed by atoms with Gasteiger partial charge >= 0.3 is 0 Å². The van der Waals surface area contributed by atoms with Crippen LogP contribution in [0.3, 0.4) is 0 Å². The fourth-order valence-electron chi connectivity index (χ4n) is 12.5. The van der Waals surface area contributed by atoms with Crippen LogP contribution in [0.2, 0.25) is 0 Å². The van der Waals surface area contributed by atoms with E-state index in [1.807, 2.05) is 22.7 Å². The van der Waals surface area contributed by atoms with Crippen molar-refractivity contribution in [2.45, 2.75) is 46.0 Å². The van der Waals surface area contributed by atoms with Crippen molar-refractivity contribution in [3.8, 4) is 0 Å². The highest BCUT2D eigenvalue weighted by molar-refractivity contribution is 7.26. The van der Waals surface area contributed by atoms with Gasteiger partial charge in [0, 0.05) is 65.0 Å². The van der Waals surface area contributed by atoms with Gasteiger partial charge < -0.3 is 9.80 Å². The first-order valence-corrected chi connectivity index (χ1v) is 26.7. The van der Waals surface area contributed by atoms with E-state index in [2.05, 4.69) is 238 Å². The van der Waals surface area contributed by atoms with Crippen molar-refractivity contribution in [3.05, 3.63) is 228 Å². The van der Waals surface area contributed by atoms with E-state index >= 15 is 0 Å². The minimum atomic E-state index is 0.217. The Bertz CT molecular complexity index is 4030. The Hall–Kier alpha value is -7.24. The molecule has 70 heavy (non-hydrogen) atoms. The van der Waals surface area contributed by atoms with E-state index in [1.165, 1.54) is 124 Å². The van der Waals surface area contributed by atoms with Crippen LogP contribution in [-0.4, -0.2) is 0 Å². The molecule has 0 amide bonds. The minimum Gasteiger partial charge on any atom is -0.308 e. The van der Waals surface area contributed by atoms with Crippen molar-refractivity contribution in [1.82, 2.24) is 0 Å². The maximum atomic E-state index is 2.68. The first-order chi connectivity index (χ1) is 34.4. The molecule has 338 valence electrons. The number of rotatable bonds is 8. The summed E-state index contributed by atoms with van der Waals surface area (Å²) in [5, 5.41) is 10.5. The predicted molar refractivity (Wildman–Crippen MR) is 306 cm³/mol. The van der Waals surface area contributed by atoms with Gasteiger partial charge in [0.25, 0.3) is 0 Å². The number of anilines is 4. The number of hydrogen-bond acceptors (Lipinski definition) is 4. The molecule has 4 aliphatic carbocycles. The van der Waals surface area contributed by atoms with E-state index in [4.69, 9.17) is 0 Å². The molecule has 0 fully saturated rings. The van der Waals surface area contributed by atoms with Crippen molar-refractivity contribution in [3.63, 3.8) is 0 Å². The predicted octanol–water partition coefficient (Wildman–Crippen LogP) is 19.5. The SMILES string of the molecule is CC(C)c1cc(N(c2cccc3ccccc23)c2cccc3c2sc2ccccc23)c2c3c4c(ccc13)C(N(C1=C3C=CC=CC3CC=C1)c1cccc3c1sc1ccccc13)=CC(C(C)C)C4C=C2. The normalized spacial score (nSPS) is 18.1. The van der Waals surface area contributed by atoms with Gasteiger partial charge in [-0.3, -0.25) is 0 Å². The second kappa shape index (κ2) is 16.2. The van der Waals surface area contributed by atoms with Crippen molar-refractivity contribution < 1.29 is 0 Å². The Morgan fingerprint density at radius 2 is 1.19 bits per heavy atom. The minimum absolute atomic E-state index is 0.217. The smallest absolute Gasteiger partial charge is 0.0640 e. The van der Waals surface area contributed by atoms with Crippen molar-refractivity contribution in [2.75, 3.05) is 9.80 Å². The number of thiophene rings is 2. The lowest BCUT2D eigenvalue weighted by Crippen LogP contribution is -2.31. The summed E-state index contributed by atoms with van der Waals surface area (Å²) >= 11 is 3.83. The van der Waals surface area contributed by atoms with Crippen LogP contribution in [0.4, 0.5) is 22.7 Å². The summed E-state index contributed by atoms with van der Waals surface area (Å²) in [6, 6.07) is 55.1. The Labute approximate surface area is 417 Å². The summed E-state index contributed by atoms with van der Waals surface area (Å²) in [6.07, 6.45) is 22.8. The zero-order valence-electron chi connectivity index (χ0n) is 39.9. The van der Waals surface area contributed by atoms with Crippen molar-refractivity contribution in [1.29, 1.82) is 0 Å². The topological polar surface area (TPSA) is 6.48 Å². The summed E-state index contributed by atoms with van der Waals surface area (Å²) in [4.78, 5) is 5.30. The third kappa shape index (κ3) is 6.22. The second-order valence-corrected chi connectivity index (χ2v) is 22.4. The molecular formula is C66H52N2S2. The van der Waals surface area contributed by atoms with Crippen LogP contribution < -0.4 is 9.80 Å². The highest BCUT2D eigenvalue weighted by atomic mass is 32.1. The van der Waals surface area contributed by atoms with Crippen LogP contribution in [0.5, 0.6) is 0 Å². The Morgan fingerprint density at radius 1 is 0.543 bits per heavy atom. The van der Waals surface area contributed by atoms with Gasteiger partial charge in [0.15, 0.2) is 0 Å². The van der Waals surface area contributed by atoms with Crippen LogP contribution >= 0.6 is 22.7 Å². The third-order valence-electron chi connectivity index (χ3n) is 15.7. The average Bonchev–Trinajstić information content (AvgIpc) is 3.98. The highest BCUT2D eigenvalue weighted by Crippen LogP contribution is 2.57. The van der Waals surface area contributed by atoms with Crippen LogP contribution in [-0.2, 0) is 0 Å². The van der Waals surface area contributed by atoms with Gasteiger partial charge in [0.05, 0.1) is 37.8 Å². The molecule has 10 aromatic rings. The summed E-state index contributed by atoms with van der Waals surface area (Å²) in [5.74, 6) is 1.50. The highest BCUT2D eigenvalue weighted by Gasteiger charge is 2.39. The first kappa shape index (κ1) is 41.7. The van der Waals surface area contributed by atoms with Crippen molar-refractivity contribution >= 4 is 119 Å². The number of benzene rings is 8. The van der Waals surface area contributed by atoms with E-state index in [1.54, 1.807) is 0 Å². The molecule has 0 radical (unpaired) electrons. The lowest BCUT2D eigenvalue weighted by atomic mass is 9.68. The van der Waals surface area contributed by atoms with Gasteiger partial charge in [0.2, 0.25) is 0 Å². The maximum absolute atomic E-state index is 2.68. The molecular weight excluding hydrogens is 885 g/mol. The third-order valence-corrected chi connectivity index (χ3v) is 18.1. The first-order valence-electron chi connectivity index (χ1n) is 25.1. The van der Waals surface area contributed by atoms with Crippen LogP contribution in [0.15, 0.2) is 205 Å². The molecule has 4 heteroatoms. The van der Waals surface area contributed by atoms with E-state index in [9.17, 15) is 0 Å². The van der Waals surface area contributed by atoms with Crippen LogP contribution in [0.25, 0.3) is 73.7 Å². The fourth-order valence-corrected chi connectivity index (χ4v) is 14.9. The van der Waals surface area contributed by atoms with E-state index in [0.717, 1.165) is 6.42 Å². The molecule has 2 heterocycles. The molecule has 0 spiro atoms.